The molecule has 7 heteroatoms. The van der Waals surface area contributed by atoms with Crippen molar-refractivity contribution in [1.82, 2.24) is 10.2 Å². The SMILES string of the molecule is CCOC(=O)CN(C)C(=O)NCCCC(=O)O. The van der Waals surface area contributed by atoms with Gasteiger partial charge in [-0.3, -0.25) is 9.59 Å². The minimum absolute atomic E-state index is 0.00186. The van der Waals surface area contributed by atoms with Crippen molar-refractivity contribution in [3.05, 3.63) is 0 Å². The fourth-order valence-corrected chi connectivity index (χ4v) is 1.04. The second-order valence-electron chi connectivity index (χ2n) is 3.39. The Morgan fingerprint density at radius 1 is 1.35 bits per heavy atom. The average molecular weight is 246 g/mol. The predicted molar refractivity (Wildman–Crippen MR) is 59.5 cm³/mol. The molecule has 2 N–H and O–H groups in total. The van der Waals surface area contributed by atoms with Gasteiger partial charge in [0.15, 0.2) is 0 Å². The van der Waals surface area contributed by atoms with E-state index in [4.69, 9.17) is 5.11 Å². The van der Waals surface area contributed by atoms with Gasteiger partial charge in [-0.2, -0.15) is 0 Å². The fraction of sp³-hybridized carbons (Fsp3) is 0.700. The van der Waals surface area contributed by atoms with Crippen molar-refractivity contribution in [2.45, 2.75) is 19.8 Å². The highest BCUT2D eigenvalue weighted by Gasteiger charge is 2.12. The number of nitrogens with zero attached hydrogens (tertiary/aromatic N) is 1. The Hall–Kier alpha value is -1.79. The molecule has 2 amide bonds. The van der Waals surface area contributed by atoms with Crippen LogP contribution in [0.4, 0.5) is 4.79 Å². The number of hydrogen-bond acceptors (Lipinski definition) is 4. The van der Waals surface area contributed by atoms with Crippen molar-refractivity contribution >= 4 is 18.0 Å². The molecule has 0 aromatic carbocycles. The molecule has 0 unspecified atom stereocenters. The van der Waals surface area contributed by atoms with Gasteiger partial charge in [-0.05, 0) is 13.3 Å². The molecule has 0 fully saturated rings. The van der Waals surface area contributed by atoms with Crippen LogP contribution in [0.25, 0.3) is 0 Å². The van der Waals surface area contributed by atoms with E-state index in [0.717, 1.165) is 0 Å². The van der Waals surface area contributed by atoms with Crippen LogP contribution in [0.2, 0.25) is 0 Å². The maximum absolute atomic E-state index is 11.4. The van der Waals surface area contributed by atoms with Gasteiger partial charge in [0.1, 0.15) is 6.54 Å². The lowest BCUT2D eigenvalue weighted by Gasteiger charge is -2.16. The highest BCUT2D eigenvalue weighted by molar-refractivity contribution is 5.80. The minimum Gasteiger partial charge on any atom is -0.481 e. The molecule has 0 rings (SSSR count). The zero-order valence-corrected chi connectivity index (χ0v) is 10.1. The highest BCUT2D eigenvalue weighted by atomic mass is 16.5. The number of amides is 2. The van der Waals surface area contributed by atoms with Crippen LogP contribution in [0.15, 0.2) is 0 Å². The van der Waals surface area contributed by atoms with E-state index in [2.05, 4.69) is 10.1 Å². The molecule has 0 saturated heterocycles. The summed E-state index contributed by atoms with van der Waals surface area (Å²) in [5, 5.41) is 10.9. The van der Waals surface area contributed by atoms with E-state index in [0.29, 0.717) is 6.42 Å². The molecule has 0 saturated carbocycles. The molecular formula is C10H18N2O5. The maximum Gasteiger partial charge on any atom is 0.325 e. The van der Waals surface area contributed by atoms with Crippen LogP contribution in [-0.2, 0) is 14.3 Å². The van der Waals surface area contributed by atoms with Crippen LogP contribution in [0.1, 0.15) is 19.8 Å². The second kappa shape index (κ2) is 8.37. The van der Waals surface area contributed by atoms with Gasteiger partial charge in [0, 0.05) is 20.0 Å². The number of aliphatic carboxylic acids is 1. The summed E-state index contributed by atoms with van der Waals surface area (Å²) < 4.78 is 4.68. The van der Waals surface area contributed by atoms with E-state index in [9.17, 15) is 14.4 Å². The van der Waals surface area contributed by atoms with Gasteiger partial charge in [-0.1, -0.05) is 0 Å². The molecule has 7 nitrogen and oxygen atoms in total. The Kier molecular flexibility index (Phi) is 7.49. The van der Waals surface area contributed by atoms with E-state index in [-0.39, 0.29) is 26.1 Å². The molecular weight excluding hydrogens is 228 g/mol. The number of hydrogen-bond donors (Lipinski definition) is 2. The molecule has 0 aliphatic heterocycles. The standard InChI is InChI=1S/C10H18N2O5/c1-3-17-9(15)7-12(2)10(16)11-6-4-5-8(13)14/h3-7H2,1-2H3,(H,11,16)(H,13,14). The molecule has 0 aliphatic carbocycles. The van der Waals surface area contributed by atoms with E-state index in [1.165, 1.54) is 11.9 Å². The van der Waals surface area contributed by atoms with Gasteiger partial charge in [0.25, 0.3) is 0 Å². The molecule has 0 heterocycles. The Morgan fingerprint density at radius 3 is 2.53 bits per heavy atom. The van der Waals surface area contributed by atoms with Gasteiger partial charge in [-0.25, -0.2) is 4.79 Å². The van der Waals surface area contributed by atoms with Gasteiger partial charge >= 0.3 is 18.0 Å². The first-order valence-electron chi connectivity index (χ1n) is 5.33. The number of rotatable bonds is 7. The van der Waals surface area contributed by atoms with Gasteiger partial charge in [-0.15, -0.1) is 0 Å². The highest BCUT2D eigenvalue weighted by Crippen LogP contribution is 1.90. The van der Waals surface area contributed by atoms with Crippen LogP contribution in [-0.4, -0.2) is 54.7 Å². The summed E-state index contributed by atoms with van der Waals surface area (Å²) >= 11 is 0. The topological polar surface area (TPSA) is 95.9 Å². The lowest BCUT2D eigenvalue weighted by Crippen LogP contribution is -2.41. The smallest absolute Gasteiger partial charge is 0.325 e. The number of carbonyl (C=O) groups is 3. The molecule has 17 heavy (non-hydrogen) atoms. The van der Waals surface area contributed by atoms with Crippen LogP contribution >= 0.6 is 0 Å². The van der Waals surface area contributed by atoms with Crippen molar-refractivity contribution in [3.63, 3.8) is 0 Å². The molecule has 0 bridgehead atoms. The number of nitrogens with one attached hydrogen (secondary N) is 1. The van der Waals surface area contributed by atoms with E-state index >= 15 is 0 Å². The van der Waals surface area contributed by atoms with Crippen LogP contribution in [0, 0.1) is 0 Å². The van der Waals surface area contributed by atoms with E-state index in [1.807, 2.05) is 0 Å². The summed E-state index contributed by atoms with van der Waals surface area (Å²) in [5.74, 6) is -1.38. The molecule has 0 spiro atoms. The number of carboxylic acids is 1. The Balaban J connectivity index is 3.74. The first-order chi connectivity index (χ1) is 7.97. The van der Waals surface area contributed by atoms with Crippen molar-refractivity contribution < 1.29 is 24.2 Å². The lowest BCUT2D eigenvalue weighted by molar-refractivity contribution is -0.143. The summed E-state index contributed by atoms with van der Waals surface area (Å²) in [4.78, 5) is 33.8. The van der Waals surface area contributed by atoms with Crippen molar-refractivity contribution in [2.24, 2.45) is 0 Å². The Bertz CT molecular complexity index is 280. The summed E-state index contributed by atoms with van der Waals surface area (Å²) in [7, 11) is 1.46. The first-order valence-corrected chi connectivity index (χ1v) is 5.33. The third kappa shape index (κ3) is 8.06. The Labute approximate surface area is 99.7 Å². The summed E-state index contributed by atoms with van der Waals surface area (Å²) in [6.07, 6.45) is 0.357. The number of likely N-dealkylation sites (N-methyl/N-ethyl adjacent to an activating group) is 1. The predicted octanol–water partition coefficient (Wildman–Crippen LogP) is 0.0557. The van der Waals surface area contributed by atoms with Crippen LogP contribution in [0.5, 0.6) is 0 Å². The lowest BCUT2D eigenvalue weighted by atomic mass is 10.3. The normalized spacial score (nSPS) is 9.53. The quantitative estimate of drug-likeness (QED) is 0.489. The Morgan fingerprint density at radius 2 is 2.00 bits per heavy atom. The molecule has 98 valence electrons. The van der Waals surface area contributed by atoms with E-state index in [1.54, 1.807) is 6.92 Å². The largest absolute Gasteiger partial charge is 0.481 e. The fourth-order valence-electron chi connectivity index (χ4n) is 1.04. The zero-order valence-electron chi connectivity index (χ0n) is 10.1. The third-order valence-corrected chi connectivity index (χ3v) is 1.86. The number of ether oxygens (including phenoxy) is 1. The number of urea groups is 1. The summed E-state index contributed by atoms with van der Waals surface area (Å²) in [6.45, 7) is 2.09. The number of carboxylic acid groups (broad SMARTS) is 1. The second-order valence-corrected chi connectivity index (χ2v) is 3.39. The van der Waals surface area contributed by atoms with Crippen LogP contribution in [0.3, 0.4) is 0 Å². The molecule has 0 aromatic heterocycles. The van der Waals surface area contributed by atoms with Gasteiger partial charge < -0.3 is 20.1 Å². The van der Waals surface area contributed by atoms with Crippen LogP contribution < -0.4 is 5.32 Å². The molecule has 0 aromatic rings. The first kappa shape index (κ1) is 15.2. The van der Waals surface area contributed by atoms with Gasteiger partial charge in [0.05, 0.1) is 6.61 Å². The average Bonchev–Trinajstić information content (AvgIpc) is 2.23. The maximum atomic E-state index is 11.4. The summed E-state index contributed by atoms with van der Waals surface area (Å²) in [5.41, 5.74) is 0. The monoisotopic (exact) mass is 246 g/mol. The number of carbonyl (C=O) groups excluding carboxylic acids is 2. The summed E-state index contributed by atoms with van der Waals surface area (Å²) in [6, 6.07) is -0.427. The zero-order chi connectivity index (χ0) is 13.3. The van der Waals surface area contributed by atoms with Crippen molar-refractivity contribution in [2.75, 3.05) is 26.7 Å². The van der Waals surface area contributed by atoms with Gasteiger partial charge in [0.2, 0.25) is 0 Å². The molecule has 0 aliphatic rings. The van der Waals surface area contributed by atoms with E-state index < -0.39 is 18.0 Å². The minimum atomic E-state index is -0.904. The van der Waals surface area contributed by atoms with Crippen molar-refractivity contribution in [3.8, 4) is 0 Å². The number of esters is 1. The molecule has 0 atom stereocenters. The van der Waals surface area contributed by atoms with Crippen molar-refractivity contribution in [1.29, 1.82) is 0 Å². The third-order valence-electron chi connectivity index (χ3n) is 1.86. The molecule has 0 radical (unpaired) electrons.